The molecule has 0 fully saturated rings. The summed E-state index contributed by atoms with van der Waals surface area (Å²) in [4.78, 5) is 31.2. The number of hydrogen-bond acceptors (Lipinski definition) is 4. The summed E-state index contributed by atoms with van der Waals surface area (Å²) in [6.45, 7) is 0.747. The van der Waals surface area contributed by atoms with Gasteiger partial charge in [-0.1, -0.05) is 0 Å². The van der Waals surface area contributed by atoms with E-state index in [1.165, 1.54) is 0 Å². The van der Waals surface area contributed by atoms with Crippen molar-refractivity contribution in [2.24, 2.45) is 5.92 Å². The van der Waals surface area contributed by atoms with Gasteiger partial charge in [-0.15, -0.1) is 0 Å². The number of aliphatic carboxylic acids is 3. The van der Waals surface area contributed by atoms with Crippen LogP contribution in [0.15, 0.2) is 0 Å². The number of carboxylic acids is 3. The average molecular weight is 206 g/mol. The van der Waals surface area contributed by atoms with Crippen molar-refractivity contribution in [3.8, 4) is 0 Å². The zero-order chi connectivity index (χ0) is 11.5. The van der Waals surface area contributed by atoms with Crippen LogP contribution in [0.25, 0.3) is 0 Å². The third-order valence-electron chi connectivity index (χ3n) is 1.79. The minimum atomic E-state index is -2.59. The quantitative estimate of drug-likeness (QED) is 0.453. The average Bonchev–Trinajstić information content (AvgIpc) is 1.98. The van der Waals surface area contributed by atoms with Gasteiger partial charge in [0.2, 0.25) is 0 Å². The van der Waals surface area contributed by atoms with Gasteiger partial charge < -0.3 is 20.4 Å². The molecular formula is C7H10O7. The van der Waals surface area contributed by atoms with Crippen LogP contribution in [0.4, 0.5) is 0 Å². The fourth-order valence-corrected chi connectivity index (χ4v) is 0.850. The van der Waals surface area contributed by atoms with E-state index in [0.29, 0.717) is 0 Å². The zero-order valence-corrected chi connectivity index (χ0v) is 7.30. The van der Waals surface area contributed by atoms with Gasteiger partial charge in [0.25, 0.3) is 0 Å². The minimum Gasteiger partial charge on any atom is -0.481 e. The van der Waals surface area contributed by atoms with Gasteiger partial charge in [-0.2, -0.15) is 0 Å². The smallest absolute Gasteiger partial charge is 0.336 e. The molecule has 0 aromatic heterocycles. The first-order chi connectivity index (χ1) is 6.19. The summed E-state index contributed by atoms with van der Waals surface area (Å²) in [5, 5.41) is 34.5. The first-order valence-electron chi connectivity index (χ1n) is 3.60. The van der Waals surface area contributed by atoms with E-state index in [0.717, 1.165) is 6.92 Å². The first kappa shape index (κ1) is 12.4. The molecule has 7 heteroatoms. The molecule has 7 nitrogen and oxygen atoms in total. The van der Waals surface area contributed by atoms with Crippen molar-refractivity contribution in [2.45, 2.75) is 18.9 Å². The Hall–Kier alpha value is -1.63. The highest BCUT2D eigenvalue weighted by Crippen LogP contribution is 2.21. The van der Waals surface area contributed by atoms with Crippen LogP contribution in [0.5, 0.6) is 0 Å². The van der Waals surface area contributed by atoms with Crippen molar-refractivity contribution in [1.29, 1.82) is 0 Å². The second kappa shape index (κ2) is 4.05. The summed E-state index contributed by atoms with van der Waals surface area (Å²) in [6, 6.07) is 0. The highest BCUT2D eigenvalue weighted by molar-refractivity contribution is 5.87. The molecule has 0 radical (unpaired) electrons. The van der Waals surface area contributed by atoms with Crippen LogP contribution in [0, 0.1) is 5.92 Å². The van der Waals surface area contributed by atoms with Crippen LogP contribution in [0.3, 0.4) is 0 Å². The van der Waals surface area contributed by atoms with E-state index in [9.17, 15) is 19.5 Å². The third kappa shape index (κ3) is 2.70. The molecule has 0 aliphatic carbocycles. The number of carbonyl (C=O) groups is 3. The number of aliphatic hydroxyl groups is 1. The largest absolute Gasteiger partial charge is 0.481 e. The molecule has 0 spiro atoms. The minimum absolute atomic E-state index is 0.747. The van der Waals surface area contributed by atoms with E-state index < -0.39 is 35.8 Å². The molecular weight excluding hydrogens is 196 g/mol. The van der Waals surface area contributed by atoms with Gasteiger partial charge in [0, 0.05) is 0 Å². The first-order valence-corrected chi connectivity index (χ1v) is 3.60. The molecule has 0 amide bonds. The lowest BCUT2D eigenvalue weighted by Gasteiger charge is -2.23. The monoisotopic (exact) mass is 206 g/mol. The molecule has 0 aliphatic heterocycles. The second-order valence-corrected chi connectivity index (χ2v) is 2.94. The van der Waals surface area contributed by atoms with E-state index in [4.69, 9.17) is 15.3 Å². The van der Waals surface area contributed by atoms with Crippen LogP contribution in [-0.2, 0) is 14.4 Å². The van der Waals surface area contributed by atoms with Crippen molar-refractivity contribution in [3.63, 3.8) is 0 Å². The lowest BCUT2D eigenvalue weighted by molar-refractivity contribution is -0.174. The van der Waals surface area contributed by atoms with Crippen molar-refractivity contribution in [2.75, 3.05) is 0 Å². The van der Waals surface area contributed by atoms with Crippen molar-refractivity contribution >= 4 is 17.9 Å². The molecule has 2 atom stereocenters. The number of hydrogen-bond donors (Lipinski definition) is 4. The van der Waals surface area contributed by atoms with Crippen LogP contribution in [0.2, 0.25) is 0 Å². The maximum absolute atomic E-state index is 10.5. The predicted molar refractivity (Wildman–Crippen MR) is 41.6 cm³/mol. The topological polar surface area (TPSA) is 132 Å². The summed E-state index contributed by atoms with van der Waals surface area (Å²) in [6.07, 6.45) is -0.950. The third-order valence-corrected chi connectivity index (χ3v) is 1.79. The van der Waals surface area contributed by atoms with Gasteiger partial charge in [0.05, 0.1) is 6.42 Å². The predicted octanol–water partition coefficient (Wildman–Crippen LogP) is -1.00. The second-order valence-electron chi connectivity index (χ2n) is 2.94. The Labute approximate surface area is 78.6 Å². The van der Waals surface area contributed by atoms with Crippen LogP contribution in [0.1, 0.15) is 13.3 Å². The van der Waals surface area contributed by atoms with Gasteiger partial charge in [-0.3, -0.25) is 9.59 Å². The normalized spacial score (nSPS) is 16.7. The van der Waals surface area contributed by atoms with Gasteiger partial charge in [-0.25, -0.2) is 4.79 Å². The molecule has 80 valence electrons. The zero-order valence-electron chi connectivity index (χ0n) is 7.30. The van der Waals surface area contributed by atoms with Gasteiger partial charge in [0.15, 0.2) is 5.60 Å². The van der Waals surface area contributed by atoms with E-state index in [2.05, 4.69) is 0 Å². The molecule has 0 saturated carbocycles. The highest BCUT2D eigenvalue weighted by atomic mass is 16.4. The van der Waals surface area contributed by atoms with E-state index >= 15 is 0 Å². The van der Waals surface area contributed by atoms with Gasteiger partial charge in [-0.05, 0) is 6.92 Å². The van der Waals surface area contributed by atoms with Crippen molar-refractivity contribution < 1.29 is 34.8 Å². The summed E-state index contributed by atoms with van der Waals surface area (Å²) in [5.41, 5.74) is -2.59. The standard InChI is InChI=1S/C7H10O7/c1-7(14,6(12)13)3(5(10)11)2-4(8)9/h3,14H,2H2,1H3,(H,8,9)(H,10,11)(H,12,13)/t3-,7+/m1/s1. The maximum Gasteiger partial charge on any atom is 0.336 e. The van der Waals surface area contributed by atoms with Crippen LogP contribution in [-0.4, -0.2) is 43.9 Å². The van der Waals surface area contributed by atoms with Crippen molar-refractivity contribution in [3.05, 3.63) is 0 Å². The molecule has 0 unspecified atom stereocenters. The molecule has 0 heterocycles. The highest BCUT2D eigenvalue weighted by Gasteiger charge is 2.45. The Kier molecular flexibility index (Phi) is 3.58. The van der Waals surface area contributed by atoms with E-state index in [1.54, 1.807) is 0 Å². The summed E-state index contributed by atoms with van der Waals surface area (Å²) in [5.74, 6) is -6.80. The fraction of sp³-hybridized carbons (Fsp3) is 0.571. The Morgan fingerprint density at radius 2 is 1.64 bits per heavy atom. The Balaban J connectivity index is 4.91. The Morgan fingerprint density at radius 3 is 1.86 bits per heavy atom. The van der Waals surface area contributed by atoms with Gasteiger partial charge in [0.1, 0.15) is 5.92 Å². The molecule has 0 aliphatic rings. The molecule has 14 heavy (non-hydrogen) atoms. The lowest BCUT2D eigenvalue weighted by Crippen LogP contribution is -2.47. The summed E-state index contributed by atoms with van der Waals surface area (Å²) in [7, 11) is 0. The maximum atomic E-state index is 10.5. The molecule has 4 N–H and O–H groups in total. The molecule has 0 aromatic rings. The fourth-order valence-electron chi connectivity index (χ4n) is 0.850. The summed E-state index contributed by atoms with van der Waals surface area (Å²) < 4.78 is 0. The van der Waals surface area contributed by atoms with E-state index in [1.807, 2.05) is 0 Å². The lowest BCUT2D eigenvalue weighted by atomic mass is 9.86. The Morgan fingerprint density at radius 1 is 1.21 bits per heavy atom. The Bertz CT molecular complexity index is 267. The van der Waals surface area contributed by atoms with E-state index in [-0.39, 0.29) is 0 Å². The molecule has 0 bridgehead atoms. The number of rotatable bonds is 5. The summed E-state index contributed by atoms with van der Waals surface area (Å²) >= 11 is 0. The van der Waals surface area contributed by atoms with Crippen LogP contribution < -0.4 is 0 Å². The number of carboxylic acid groups (broad SMARTS) is 3. The van der Waals surface area contributed by atoms with Crippen molar-refractivity contribution in [1.82, 2.24) is 0 Å². The van der Waals surface area contributed by atoms with Gasteiger partial charge >= 0.3 is 17.9 Å². The van der Waals surface area contributed by atoms with Crippen LogP contribution >= 0.6 is 0 Å². The molecule has 0 aromatic carbocycles. The SMILES string of the molecule is C[C@@](O)(C(=O)O)[C@H](CC(=O)O)C(=O)O. The molecule has 0 saturated heterocycles. The molecule has 0 rings (SSSR count).